The van der Waals surface area contributed by atoms with Gasteiger partial charge in [-0.2, -0.15) is 10.2 Å². The van der Waals surface area contributed by atoms with Crippen LogP contribution in [0.15, 0.2) is 125 Å². The Balaban J connectivity index is 1.41. The molecular formula is C33H35IN6OPS2+. The molecule has 0 atom stereocenters. The van der Waals surface area contributed by atoms with Crippen molar-refractivity contribution >= 4 is 91.9 Å². The van der Waals surface area contributed by atoms with Gasteiger partial charge in [0.05, 0.1) is 12.3 Å². The first-order valence-electron chi connectivity index (χ1n) is 14.0. The van der Waals surface area contributed by atoms with E-state index in [2.05, 4.69) is 145 Å². The van der Waals surface area contributed by atoms with E-state index < -0.39 is 7.26 Å². The number of nitrogens with one attached hydrogen (secondary N) is 4. The Morgan fingerprint density at radius 1 is 0.727 bits per heavy atom. The Kier molecular flexibility index (Phi) is 13.2. The van der Waals surface area contributed by atoms with E-state index in [1.54, 1.807) is 7.05 Å². The molecule has 4 N–H and O–H groups in total. The summed E-state index contributed by atoms with van der Waals surface area (Å²) in [5.74, 6) is 0. The number of nitrogens with zero attached hydrogens (tertiary/aromatic N) is 2. The van der Waals surface area contributed by atoms with Gasteiger partial charge < -0.3 is 15.4 Å². The number of halogens is 1. The van der Waals surface area contributed by atoms with Gasteiger partial charge in [0, 0.05) is 22.7 Å². The van der Waals surface area contributed by atoms with Crippen molar-refractivity contribution in [1.29, 1.82) is 0 Å². The van der Waals surface area contributed by atoms with E-state index in [-0.39, 0.29) is 0 Å². The maximum absolute atomic E-state index is 6.43. The summed E-state index contributed by atoms with van der Waals surface area (Å²) in [6, 6.07) is 40.0. The second-order valence-electron chi connectivity index (χ2n) is 9.58. The molecule has 11 heteroatoms. The fourth-order valence-corrected chi connectivity index (χ4v) is 8.85. The number of benzene rings is 4. The molecule has 0 fully saturated rings. The number of hydrogen-bond donors (Lipinski definition) is 4. The molecule has 4 rings (SSSR count). The van der Waals surface area contributed by atoms with Crippen molar-refractivity contribution in [3.63, 3.8) is 0 Å². The Hall–Kier alpha value is -3.28. The van der Waals surface area contributed by atoms with Gasteiger partial charge in [0.2, 0.25) is 0 Å². The first kappa shape index (κ1) is 33.6. The Bertz CT molecular complexity index is 1480. The molecule has 0 radical (unpaired) electrons. The second-order valence-corrected chi connectivity index (χ2v) is 15.1. The third-order valence-electron chi connectivity index (χ3n) is 6.69. The first-order valence-corrected chi connectivity index (χ1v) is 17.8. The highest BCUT2D eigenvalue weighted by Gasteiger charge is 2.45. The average Bonchev–Trinajstić information content (AvgIpc) is 3.07. The predicted molar refractivity (Wildman–Crippen MR) is 203 cm³/mol. The van der Waals surface area contributed by atoms with Gasteiger partial charge in [-0.05, 0) is 102 Å². The lowest BCUT2D eigenvalue weighted by molar-refractivity contribution is 0.185. The summed E-state index contributed by atoms with van der Waals surface area (Å²) in [6.07, 6.45) is 0.571. The fraction of sp³-hybridized carbons (Fsp3) is 0.152. The standard InChI is InChI=1S/C33H34IN6OPS2/c1-25(31(38-39-32(43)35-2)26-18-20-27(34)21-19-26)37-40-33(44)36-22-23-41-24-42(28-12-6-3-7-13-28,29-14-8-4-9-15-29)30-16-10-5-11-17-30/h3-21H,22-24H2,1-2H3,(H3-,35,36,37,38,39,40,43,44)/p+1. The average molecular weight is 754 g/mol. The van der Waals surface area contributed by atoms with Crippen molar-refractivity contribution in [3.05, 3.63) is 124 Å². The van der Waals surface area contributed by atoms with Gasteiger partial charge in [-0.15, -0.1) is 0 Å². The topological polar surface area (TPSA) is 82.1 Å². The van der Waals surface area contributed by atoms with Crippen molar-refractivity contribution in [1.82, 2.24) is 21.5 Å². The molecule has 0 amide bonds. The number of rotatable bonds is 12. The van der Waals surface area contributed by atoms with Crippen LogP contribution in [0.2, 0.25) is 0 Å². The minimum Gasteiger partial charge on any atom is -0.364 e. The molecule has 0 heterocycles. The summed E-state index contributed by atoms with van der Waals surface area (Å²) < 4.78 is 7.55. The Labute approximate surface area is 284 Å². The van der Waals surface area contributed by atoms with Crippen molar-refractivity contribution < 1.29 is 4.74 Å². The number of ether oxygens (including phenoxy) is 1. The van der Waals surface area contributed by atoms with Crippen LogP contribution >= 0.6 is 54.3 Å². The zero-order valence-corrected chi connectivity index (χ0v) is 29.2. The van der Waals surface area contributed by atoms with E-state index in [0.717, 1.165) is 9.13 Å². The van der Waals surface area contributed by atoms with Crippen LogP contribution < -0.4 is 37.4 Å². The lowest BCUT2D eigenvalue weighted by Crippen LogP contribution is -2.37. The van der Waals surface area contributed by atoms with Gasteiger partial charge in [0.1, 0.15) is 28.9 Å². The van der Waals surface area contributed by atoms with Crippen LogP contribution in [0.4, 0.5) is 0 Å². The number of hydrogen-bond acceptors (Lipinski definition) is 5. The van der Waals surface area contributed by atoms with E-state index in [1.165, 1.54) is 15.9 Å². The van der Waals surface area contributed by atoms with Crippen molar-refractivity contribution in [2.24, 2.45) is 10.2 Å². The van der Waals surface area contributed by atoms with Crippen molar-refractivity contribution in [3.8, 4) is 0 Å². The highest BCUT2D eigenvalue weighted by molar-refractivity contribution is 14.1. The SMILES string of the molecule is CNC(=S)N/N=C(/C(C)=N/NC(=S)NCCOC[P+](c1ccccc1)(c1ccccc1)c1ccccc1)c1ccc(I)cc1. The van der Waals surface area contributed by atoms with Crippen LogP contribution in [0, 0.1) is 3.57 Å². The summed E-state index contributed by atoms with van der Waals surface area (Å²) >= 11 is 13.0. The smallest absolute Gasteiger partial charge is 0.187 e. The van der Waals surface area contributed by atoms with Crippen LogP contribution in [0.5, 0.6) is 0 Å². The highest BCUT2D eigenvalue weighted by Crippen LogP contribution is 2.55. The van der Waals surface area contributed by atoms with Gasteiger partial charge in [-0.25, -0.2) is 0 Å². The van der Waals surface area contributed by atoms with Crippen LogP contribution in [0.3, 0.4) is 0 Å². The molecule has 0 saturated carbocycles. The summed E-state index contributed by atoms with van der Waals surface area (Å²) in [4.78, 5) is 0. The molecular weight excluding hydrogens is 718 g/mol. The molecule has 0 aromatic heterocycles. The lowest BCUT2D eigenvalue weighted by Gasteiger charge is -2.27. The molecule has 44 heavy (non-hydrogen) atoms. The summed E-state index contributed by atoms with van der Waals surface area (Å²) in [7, 11) is -0.322. The molecule has 226 valence electrons. The van der Waals surface area contributed by atoms with E-state index in [4.69, 9.17) is 29.2 Å². The van der Waals surface area contributed by atoms with Gasteiger partial charge in [0.25, 0.3) is 0 Å². The quantitative estimate of drug-likeness (QED) is 0.0410. The van der Waals surface area contributed by atoms with Gasteiger partial charge in [0.15, 0.2) is 16.6 Å². The maximum atomic E-state index is 6.43. The van der Waals surface area contributed by atoms with Gasteiger partial charge >= 0.3 is 0 Å². The first-order chi connectivity index (χ1) is 21.4. The summed E-state index contributed by atoms with van der Waals surface area (Å²) in [5.41, 5.74) is 7.95. The van der Waals surface area contributed by atoms with Gasteiger partial charge in [-0.3, -0.25) is 10.9 Å². The molecule has 4 aromatic carbocycles. The second kappa shape index (κ2) is 17.3. The number of thiocarbonyl (C=S) groups is 2. The largest absolute Gasteiger partial charge is 0.364 e. The molecule has 0 aliphatic carbocycles. The molecule has 7 nitrogen and oxygen atoms in total. The summed E-state index contributed by atoms with van der Waals surface area (Å²) in [5, 5.41) is 19.6. The van der Waals surface area contributed by atoms with E-state index in [1.807, 2.05) is 31.2 Å². The number of hydrazone groups is 2. The van der Waals surface area contributed by atoms with E-state index >= 15 is 0 Å². The molecule has 0 spiro atoms. The zero-order chi connectivity index (χ0) is 31.2. The monoisotopic (exact) mass is 753 g/mol. The van der Waals surface area contributed by atoms with Crippen LogP contribution in [0.25, 0.3) is 0 Å². The normalized spacial score (nSPS) is 11.9. The lowest BCUT2D eigenvalue weighted by atomic mass is 10.1. The van der Waals surface area contributed by atoms with Crippen LogP contribution in [0.1, 0.15) is 12.5 Å². The van der Waals surface area contributed by atoms with Gasteiger partial charge in [-0.1, -0.05) is 66.7 Å². The molecule has 0 bridgehead atoms. The zero-order valence-electron chi connectivity index (χ0n) is 24.5. The molecule has 0 saturated heterocycles. The van der Waals surface area contributed by atoms with E-state index in [0.29, 0.717) is 41.1 Å². The maximum Gasteiger partial charge on any atom is 0.187 e. The Morgan fingerprint density at radius 2 is 1.23 bits per heavy atom. The molecule has 0 aliphatic rings. The minimum atomic E-state index is -2.06. The minimum absolute atomic E-state index is 0.392. The third-order valence-corrected chi connectivity index (χ3v) is 12.0. The summed E-state index contributed by atoms with van der Waals surface area (Å²) in [6.45, 7) is 2.86. The molecule has 0 aliphatic heterocycles. The highest BCUT2D eigenvalue weighted by atomic mass is 127. The molecule has 4 aromatic rings. The Morgan fingerprint density at radius 3 is 1.73 bits per heavy atom. The molecule has 0 unspecified atom stereocenters. The fourth-order valence-electron chi connectivity index (χ4n) is 4.51. The third kappa shape index (κ3) is 9.12. The van der Waals surface area contributed by atoms with Crippen LogP contribution in [-0.2, 0) is 4.74 Å². The predicted octanol–water partition coefficient (Wildman–Crippen LogP) is 4.90. The van der Waals surface area contributed by atoms with Crippen LogP contribution in [-0.4, -0.2) is 48.2 Å². The van der Waals surface area contributed by atoms with E-state index in [9.17, 15) is 0 Å². The van der Waals surface area contributed by atoms with Crippen molar-refractivity contribution in [2.45, 2.75) is 6.92 Å². The van der Waals surface area contributed by atoms with Crippen molar-refractivity contribution in [2.75, 3.05) is 26.5 Å².